The van der Waals surface area contributed by atoms with Gasteiger partial charge in [-0.15, -0.1) is 0 Å². The summed E-state index contributed by atoms with van der Waals surface area (Å²) in [7, 11) is 0. The molecule has 0 saturated carbocycles. The molecule has 5 heteroatoms. The number of hydrogen-bond acceptors (Lipinski definition) is 2. The van der Waals surface area contributed by atoms with E-state index in [9.17, 15) is 9.59 Å². The van der Waals surface area contributed by atoms with Crippen LogP contribution < -0.4 is 10.6 Å². The molecule has 2 N–H and O–H groups in total. The van der Waals surface area contributed by atoms with E-state index < -0.39 is 0 Å². The number of unbranched alkanes of at least 4 members (excludes halogenated alkanes) is 1. The van der Waals surface area contributed by atoms with Gasteiger partial charge in [0.05, 0.1) is 16.6 Å². The average Bonchev–Trinajstić information content (AvgIpc) is 2.39. The Morgan fingerprint density at radius 3 is 2.67 bits per heavy atom. The van der Waals surface area contributed by atoms with E-state index >= 15 is 0 Å². The topological polar surface area (TPSA) is 58.2 Å². The molecular weight excluding hydrogens is 296 g/mol. The van der Waals surface area contributed by atoms with Gasteiger partial charge in [0.2, 0.25) is 5.91 Å². The molecule has 0 aliphatic heterocycles. The van der Waals surface area contributed by atoms with E-state index in [0.29, 0.717) is 17.8 Å². The fourth-order valence-electron chi connectivity index (χ4n) is 1.45. The van der Waals surface area contributed by atoms with Crippen molar-refractivity contribution < 1.29 is 9.59 Å². The summed E-state index contributed by atoms with van der Waals surface area (Å²) >= 11 is 3.07. The molecule has 0 heterocycles. The highest BCUT2D eigenvalue weighted by Crippen LogP contribution is 2.15. The Kier molecular flexibility index (Phi) is 6.43. The molecule has 0 spiro atoms. The first-order valence-electron chi connectivity index (χ1n) is 5.92. The van der Waals surface area contributed by atoms with Crippen LogP contribution in [0.25, 0.3) is 0 Å². The Hall–Kier alpha value is -1.36. The van der Waals surface area contributed by atoms with Crippen LogP contribution in [-0.4, -0.2) is 23.7 Å². The van der Waals surface area contributed by atoms with Gasteiger partial charge < -0.3 is 10.6 Å². The highest BCUT2D eigenvalue weighted by Gasteiger charge is 2.11. The lowest BCUT2D eigenvalue weighted by molar-refractivity contribution is -0.113. The summed E-state index contributed by atoms with van der Waals surface area (Å²) in [6.45, 7) is 2.71. The van der Waals surface area contributed by atoms with E-state index in [4.69, 9.17) is 0 Å². The second-order valence-corrected chi connectivity index (χ2v) is 4.40. The maximum Gasteiger partial charge on any atom is 0.253 e. The van der Waals surface area contributed by atoms with Gasteiger partial charge in [-0.1, -0.05) is 41.4 Å². The van der Waals surface area contributed by atoms with Crippen LogP contribution in [0, 0.1) is 0 Å². The molecular formula is C13H17BrN2O2. The molecule has 98 valence electrons. The number of alkyl halides is 1. The first-order valence-corrected chi connectivity index (χ1v) is 7.04. The molecule has 0 aliphatic rings. The Balaban J connectivity index is 2.74. The van der Waals surface area contributed by atoms with Crippen LogP contribution in [0.2, 0.25) is 0 Å². The zero-order valence-corrected chi connectivity index (χ0v) is 11.9. The number of carbonyl (C=O) groups excluding carboxylic acids is 2. The van der Waals surface area contributed by atoms with Crippen molar-refractivity contribution >= 4 is 33.4 Å². The fourth-order valence-corrected chi connectivity index (χ4v) is 1.59. The highest BCUT2D eigenvalue weighted by atomic mass is 79.9. The van der Waals surface area contributed by atoms with Crippen LogP contribution in [-0.2, 0) is 4.79 Å². The summed E-state index contributed by atoms with van der Waals surface area (Å²) in [6.07, 6.45) is 1.98. The van der Waals surface area contributed by atoms with Crippen molar-refractivity contribution in [3.05, 3.63) is 29.8 Å². The van der Waals surface area contributed by atoms with Crippen molar-refractivity contribution in [3.8, 4) is 0 Å². The molecule has 4 nitrogen and oxygen atoms in total. The van der Waals surface area contributed by atoms with Gasteiger partial charge in [0.25, 0.3) is 5.91 Å². The molecule has 1 aromatic carbocycles. The second-order valence-electron chi connectivity index (χ2n) is 3.84. The van der Waals surface area contributed by atoms with E-state index in [1.165, 1.54) is 0 Å². The summed E-state index contributed by atoms with van der Waals surface area (Å²) in [6, 6.07) is 6.98. The number of carbonyl (C=O) groups is 2. The van der Waals surface area contributed by atoms with Crippen LogP contribution in [0.1, 0.15) is 30.1 Å². The number of anilines is 1. The predicted octanol–water partition coefficient (Wildman–Crippen LogP) is 2.55. The van der Waals surface area contributed by atoms with Gasteiger partial charge in [-0.25, -0.2) is 0 Å². The molecule has 18 heavy (non-hydrogen) atoms. The molecule has 0 unspecified atom stereocenters. The van der Waals surface area contributed by atoms with Crippen molar-refractivity contribution in [1.82, 2.24) is 5.32 Å². The predicted molar refractivity (Wildman–Crippen MR) is 76.1 cm³/mol. The number of benzene rings is 1. The lowest BCUT2D eigenvalue weighted by atomic mass is 10.1. The summed E-state index contributed by atoms with van der Waals surface area (Å²) in [5.74, 6) is -0.335. The van der Waals surface area contributed by atoms with Gasteiger partial charge in [0, 0.05) is 6.54 Å². The van der Waals surface area contributed by atoms with Crippen LogP contribution in [0.15, 0.2) is 24.3 Å². The van der Waals surface area contributed by atoms with Crippen LogP contribution in [0.4, 0.5) is 5.69 Å². The third-order valence-electron chi connectivity index (χ3n) is 2.38. The van der Waals surface area contributed by atoms with Gasteiger partial charge in [0.1, 0.15) is 0 Å². The van der Waals surface area contributed by atoms with E-state index in [1.54, 1.807) is 24.3 Å². The minimum Gasteiger partial charge on any atom is -0.352 e. The SMILES string of the molecule is CCCCNC(=O)c1ccccc1NC(=O)CBr. The smallest absolute Gasteiger partial charge is 0.253 e. The standard InChI is InChI=1S/C13H17BrN2O2/c1-2-3-8-15-13(18)10-6-4-5-7-11(10)16-12(17)9-14/h4-7H,2-3,8-9H2,1H3,(H,15,18)(H,16,17). The van der Waals surface area contributed by atoms with Crippen molar-refractivity contribution in [2.75, 3.05) is 17.2 Å². The molecule has 1 aromatic rings. The lowest BCUT2D eigenvalue weighted by Crippen LogP contribution is -2.26. The Morgan fingerprint density at radius 1 is 1.28 bits per heavy atom. The largest absolute Gasteiger partial charge is 0.352 e. The van der Waals surface area contributed by atoms with E-state index in [0.717, 1.165) is 12.8 Å². The lowest BCUT2D eigenvalue weighted by Gasteiger charge is -2.10. The molecule has 0 radical (unpaired) electrons. The number of hydrogen-bond donors (Lipinski definition) is 2. The molecule has 0 aromatic heterocycles. The minimum absolute atomic E-state index is 0.158. The Bertz CT molecular complexity index is 421. The van der Waals surface area contributed by atoms with Crippen LogP contribution in [0.3, 0.4) is 0 Å². The summed E-state index contributed by atoms with van der Waals surface area (Å²) in [5, 5.41) is 5.72. The minimum atomic E-state index is -0.177. The van der Waals surface area contributed by atoms with E-state index in [-0.39, 0.29) is 17.1 Å². The zero-order valence-electron chi connectivity index (χ0n) is 10.3. The first-order chi connectivity index (χ1) is 8.69. The fraction of sp³-hybridized carbons (Fsp3) is 0.385. The van der Waals surface area contributed by atoms with Crippen molar-refractivity contribution in [3.63, 3.8) is 0 Å². The average molecular weight is 313 g/mol. The second kappa shape index (κ2) is 7.87. The van der Waals surface area contributed by atoms with E-state index in [2.05, 4.69) is 33.5 Å². The number of nitrogens with one attached hydrogen (secondary N) is 2. The molecule has 1 rings (SSSR count). The van der Waals surface area contributed by atoms with Crippen molar-refractivity contribution in [2.24, 2.45) is 0 Å². The monoisotopic (exact) mass is 312 g/mol. The maximum atomic E-state index is 11.9. The molecule has 0 saturated heterocycles. The Morgan fingerprint density at radius 2 is 2.00 bits per heavy atom. The third-order valence-corrected chi connectivity index (χ3v) is 2.89. The maximum absolute atomic E-state index is 11.9. The number of rotatable bonds is 6. The van der Waals surface area contributed by atoms with Crippen molar-refractivity contribution in [1.29, 1.82) is 0 Å². The third kappa shape index (κ3) is 4.49. The summed E-state index contributed by atoms with van der Waals surface area (Å²) in [4.78, 5) is 23.3. The summed E-state index contributed by atoms with van der Waals surface area (Å²) in [5.41, 5.74) is 1.03. The van der Waals surface area contributed by atoms with Gasteiger partial charge >= 0.3 is 0 Å². The van der Waals surface area contributed by atoms with Gasteiger partial charge in [-0.2, -0.15) is 0 Å². The normalized spacial score (nSPS) is 9.89. The molecule has 0 aliphatic carbocycles. The Labute approximate surface area is 115 Å². The molecule has 0 bridgehead atoms. The number of amides is 2. The molecule has 0 atom stereocenters. The highest BCUT2D eigenvalue weighted by molar-refractivity contribution is 9.09. The molecule has 2 amide bonds. The van der Waals surface area contributed by atoms with Gasteiger partial charge in [-0.3, -0.25) is 9.59 Å². The molecule has 0 fully saturated rings. The van der Waals surface area contributed by atoms with Crippen LogP contribution in [0.5, 0.6) is 0 Å². The number of para-hydroxylation sites is 1. The van der Waals surface area contributed by atoms with Crippen molar-refractivity contribution in [2.45, 2.75) is 19.8 Å². The number of halogens is 1. The van der Waals surface area contributed by atoms with E-state index in [1.807, 2.05) is 0 Å². The first kappa shape index (κ1) is 14.7. The van der Waals surface area contributed by atoms with Crippen LogP contribution >= 0.6 is 15.9 Å². The zero-order chi connectivity index (χ0) is 13.4. The summed E-state index contributed by atoms with van der Waals surface area (Å²) < 4.78 is 0. The quantitative estimate of drug-likeness (QED) is 0.626. The van der Waals surface area contributed by atoms with Gasteiger partial charge in [-0.05, 0) is 18.6 Å². The van der Waals surface area contributed by atoms with Gasteiger partial charge in [0.15, 0.2) is 0 Å².